The van der Waals surface area contributed by atoms with Gasteiger partial charge in [-0.1, -0.05) is 12.1 Å². The van der Waals surface area contributed by atoms with Crippen LogP contribution in [0.25, 0.3) is 0 Å². The minimum absolute atomic E-state index is 0.222. The Morgan fingerprint density at radius 1 is 1.14 bits per heavy atom. The minimum Gasteiger partial charge on any atom is -0.497 e. The van der Waals surface area contributed by atoms with Crippen LogP contribution in [0.3, 0.4) is 0 Å². The number of hydrogen-bond donors (Lipinski definition) is 1. The maximum Gasteiger partial charge on any atom is 0.335 e. The Morgan fingerprint density at radius 2 is 2.00 bits per heavy atom. The first-order valence-electron chi connectivity index (χ1n) is 8.93. The molecule has 144 valence electrons. The number of carboxylic acids is 1. The number of methoxy groups -OCH3 is 1. The van der Waals surface area contributed by atoms with Crippen LogP contribution in [0.2, 0.25) is 0 Å². The Balaban J connectivity index is 2.11. The summed E-state index contributed by atoms with van der Waals surface area (Å²) >= 11 is 0. The Bertz CT molecular complexity index is 944. The number of aromatic carboxylic acids is 1. The van der Waals surface area contributed by atoms with E-state index in [1.165, 1.54) is 0 Å². The first-order valence-corrected chi connectivity index (χ1v) is 8.93. The van der Waals surface area contributed by atoms with Crippen LogP contribution >= 0.6 is 0 Å². The minimum atomic E-state index is -0.969. The largest absolute Gasteiger partial charge is 0.497 e. The molecular formula is C22H22N2O4. The molecule has 2 aromatic carbocycles. The molecule has 0 atom stereocenters. The predicted octanol–water partition coefficient (Wildman–Crippen LogP) is 4.53. The van der Waals surface area contributed by atoms with Crippen molar-refractivity contribution in [3.8, 4) is 11.5 Å². The van der Waals surface area contributed by atoms with Gasteiger partial charge in [-0.05, 0) is 48.9 Å². The van der Waals surface area contributed by atoms with E-state index in [0.717, 1.165) is 16.9 Å². The molecule has 1 heterocycles. The van der Waals surface area contributed by atoms with E-state index >= 15 is 0 Å². The van der Waals surface area contributed by atoms with Gasteiger partial charge in [0, 0.05) is 30.7 Å². The third kappa shape index (κ3) is 4.40. The molecule has 6 nitrogen and oxygen atoms in total. The number of aromatic nitrogens is 1. The molecule has 0 aliphatic heterocycles. The van der Waals surface area contributed by atoms with Gasteiger partial charge in [0.1, 0.15) is 11.5 Å². The van der Waals surface area contributed by atoms with Crippen LogP contribution in [0.5, 0.6) is 11.5 Å². The molecule has 0 spiro atoms. The second-order valence-electron chi connectivity index (χ2n) is 6.07. The van der Waals surface area contributed by atoms with Gasteiger partial charge < -0.3 is 19.5 Å². The molecule has 0 unspecified atom stereocenters. The van der Waals surface area contributed by atoms with E-state index in [9.17, 15) is 9.90 Å². The highest BCUT2D eigenvalue weighted by Gasteiger charge is 2.17. The molecule has 6 heteroatoms. The van der Waals surface area contributed by atoms with Crippen molar-refractivity contribution in [1.82, 2.24) is 4.98 Å². The molecule has 1 aromatic heterocycles. The fourth-order valence-electron chi connectivity index (χ4n) is 2.91. The molecule has 0 saturated heterocycles. The average Bonchev–Trinajstić information content (AvgIpc) is 2.73. The van der Waals surface area contributed by atoms with Crippen molar-refractivity contribution in [2.45, 2.75) is 13.5 Å². The zero-order valence-corrected chi connectivity index (χ0v) is 15.8. The molecule has 1 N–H and O–H groups in total. The van der Waals surface area contributed by atoms with Crippen LogP contribution in [0.4, 0.5) is 11.4 Å². The molecule has 0 fully saturated rings. The van der Waals surface area contributed by atoms with Crippen LogP contribution < -0.4 is 14.4 Å². The lowest BCUT2D eigenvalue weighted by atomic mass is 10.1. The van der Waals surface area contributed by atoms with Crippen LogP contribution in [0, 0.1) is 0 Å². The molecular weight excluding hydrogens is 356 g/mol. The summed E-state index contributed by atoms with van der Waals surface area (Å²) in [5.41, 5.74) is 2.77. The molecule has 3 rings (SSSR count). The number of nitrogens with zero attached hydrogens (tertiary/aromatic N) is 2. The van der Waals surface area contributed by atoms with Crippen molar-refractivity contribution in [3.63, 3.8) is 0 Å². The van der Waals surface area contributed by atoms with E-state index in [1.54, 1.807) is 37.7 Å². The molecule has 28 heavy (non-hydrogen) atoms. The Morgan fingerprint density at radius 3 is 2.68 bits per heavy atom. The second-order valence-corrected chi connectivity index (χ2v) is 6.07. The molecule has 0 bridgehead atoms. The number of rotatable bonds is 8. The van der Waals surface area contributed by atoms with E-state index in [4.69, 9.17) is 9.47 Å². The van der Waals surface area contributed by atoms with Crippen LogP contribution in [0.15, 0.2) is 67.0 Å². The molecule has 0 amide bonds. The highest BCUT2D eigenvalue weighted by Crippen LogP contribution is 2.38. The Kier molecular flexibility index (Phi) is 6.11. The topological polar surface area (TPSA) is 71.9 Å². The van der Waals surface area contributed by atoms with Gasteiger partial charge in [-0.15, -0.1) is 0 Å². The van der Waals surface area contributed by atoms with E-state index < -0.39 is 5.97 Å². The van der Waals surface area contributed by atoms with E-state index in [1.807, 2.05) is 48.2 Å². The summed E-state index contributed by atoms with van der Waals surface area (Å²) in [4.78, 5) is 17.6. The van der Waals surface area contributed by atoms with Crippen molar-refractivity contribution in [2.75, 3.05) is 18.6 Å². The van der Waals surface area contributed by atoms with Crippen molar-refractivity contribution < 1.29 is 19.4 Å². The molecule has 3 aromatic rings. The second kappa shape index (κ2) is 8.90. The zero-order chi connectivity index (χ0) is 19.9. The third-order valence-electron chi connectivity index (χ3n) is 4.23. The highest BCUT2D eigenvalue weighted by molar-refractivity contribution is 5.89. The van der Waals surface area contributed by atoms with Gasteiger partial charge in [0.15, 0.2) is 0 Å². The van der Waals surface area contributed by atoms with Gasteiger partial charge in [-0.3, -0.25) is 4.98 Å². The van der Waals surface area contributed by atoms with Gasteiger partial charge in [0.25, 0.3) is 0 Å². The first kappa shape index (κ1) is 19.2. The fourth-order valence-corrected chi connectivity index (χ4v) is 2.91. The fraction of sp³-hybridized carbons (Fsp3) is 0.182. The van der Waals surface area contributed by atoms with Gasteiger partial charge in [-0.25, -0.2) is 4.79 Å². The van der Waals surface area contributed by atoms with Crippen LogP contribution in [-0.4, -0.2) is 29.8 Å². The molecule has 0 aliphatic carbocycles. The normalized spacial score (nSPS) is 10.4. The Hall–Kier alpha value is -3.54. The number of benzene rings is 2. The van der Waals surface area contributed by atoms with Gasteiger partial charge in [-0.2, -0.15) is 0 Å². The summed E-state index contributed by atoms with van der Waals surface area (Å²) in [5.74, 6) is 0.377. The van der Waals surface area contributed by atoms with E-state index in [2.05, 4.69) is 4.98 Å². The van der Waals surface area contributed by atoms with Crippen molar-refractivity contribution >= 4 is 17.3 Å². The predicted molar refractivity (Wildman–Crippen MR) is 108 cm³/mol. The van der Waals surface area contributed by atoms with Crippen LogP contribution in [0.1, 0.15) is 22.8 Å². The van der Waals surface area contributed by atoms with Gasteiger partial charge in [0.05, 0.1) is 25.0 Å². The summed E-state index contributed by atoms with van der Waals surface area (Å²) < 4.78 is 11.2. The molecule has 0 aliphatic rings. The number of carboxylic acid groups (broad SMARTS) is 1. The Labute approximate surface area is 164 Å². The van der Waals surface area contributed by atoms with Crippen molar-refractivity contribution in [3.05, 3.63) is 78.1 Å². The smallest absolute Gasteiger partial charge is 0.335 e. The summed E-state index contributed by atoms with van der Waals surface area (Å²) in [6.07, 6.45) is 3.51. The van der Waals surface area contributed by atoms with Gasteiger partial charge >= 0.3 is 5.97 Å². The average molecular weight is 378 g/mol. The maximum atomic E-state index is 11.5. The third-order valence-corrected chi connectivity index (χ3v) is 4.23. The standard InChI is InChI=1S/C22H22N2O4/c1-3-28-21-13-19(27-2)9-10-20(21)24(15-16-6-5-11-23-14-16)18-8-4-7-17(12-18)22(25)26/h4-14H,3,15H2,1-2H3,(H,25,26). The van der Waals surface area contributed by atoms with Crippen molar-refractivity contribution in [2.24, 2.45) is 0 Å². The van der Waals surface area contributed by atoms with Crippen molar-refractivity contribution in [1.29, 1.82) is 0 Å². The van der Waals surface area contributed by atoms with E-state index in [0.29, 0.717) is 24.7 Å². The summed E-state index contributed by atoms with van der Waals surface area (Å²) in [6, 6.07) is 16.3. The lowest BCUT2D eigenvalue weighted by Crippen LogP contribution is -2.18. The number of ether oxygens (including phenoxy) is 2. The summed E-state index contributed by atoms with van der Waals surface area (Å²) in [5, 5.41) is 9.39. The summed E-state index contributed by atoms with van der Waals surface area (Å²) in [6.45, 7) is 2.92. The lowest BCUT2D eigenvalue weighted by molar-refractivity contribution is 0.0697. The monoisotopic (exact) mass is 378 g/mol. The zero-order valence-electron chi connectivity index (χ0n) is 15.8. The van der Waals surface area contributed by atoms with Crippen LogP contribution in [-0.2, 0) is 6.54 Å². The number of pyridine rings is 1. The molecule has 0 saturated carbocycles. The highest BCUT2D eigenvalue weighted by atomic mass is 16.5. The van der Waals surface area contributed by atoms with Gasteiger partial charge in [0.2, 0.25) is 0 Å². The number of carbonyl (C=O) groups is 1. The first-order chi connectivity index (χ1) is 13.6. The summed E-state index contributed by atoms with van der Waals surface area (Å²) in [7, 11) is 1.61. The maximum absolute atomic E-state index is 11.5. The number of anilines is 2. The van der Waals surface area contributed by atoms with E-state index in [-0.39, 0.29) is 5.56 Å². The number of hydrogen-bond acceptors (Lipinski definition) is 5. The SMILES string of the molecule is CCOc1cc(OC)ccc1N(Cc1cccnc1)c1cccc(C(=O)O)c1. The molecule has 0 radical (unpaired) electrons. The lowest BCUT2D eigenvalue weighted by Gasteiger charge is -2.27. The quantitative estimate of drug-likeness (QED) is 0.621.